The zero-order valence-corrected chi connectivity index (χ0v) is 18.9. The van der Waals surface area contributed by atoms with E-state index in [-0.39, 0.29) is 5.41 Å². The van der Waals surface area contributed by atoms with E-state index in [4.69, 9.17) is 14.5 Å². The first-order chi connectivity index (χ1) is 15.5. The molecule has 0 saturated carbocycles. The van der Waals surface area contributed by atoms with Crippen molar-refractivity contribution in [2.45, 2.75) is 44.2 Å². The highest BCUT2D eigenvalue weighted by Gasteiger charge is 2.55. The maximum atomic E-state index is 6.86. The van der Waals surface area contributed by atoms with Crippen molar-refractivity contribution in [3.63, 3.8) is 0 Å². The highest BCUT2D eigenvalue weighted by Crippen LogP contribution is 2.53. The number of rotatable bonds is 2. The van der Waals surface area contributed by atoms with Gasteiger partial charge in [0.05, 0.1) is 18.7 Å². The summed E-state index contributed by atoms with van der Waals surface area (Å²) in [4.78, 5) is 7.51. The Bertz CT molecular complexity index is 1240. The summed E-state index contributed by atoms with van der Waals surface area (Å²) in [6, 6.07) is 16.9. The molecule has 1 atom stereocenters. The van der Waals surface area contributed by atoms with Crippen LogP contribution < -0.4 is 19.7 Å². The Morgan fingerprint density at radius 1 is 1.00 bits per heavy atom. The number of aliphatic imine (C=N–C) groups is 1. The number of anilines is 2. The van der Waals surface area contributed by atoms with Crippen LogP contribution in [0.3, 0.4) is 0 Å². The number of fused-ring (bicyclic) bond motifs is 4. The van der Waals surface area contributed by atoms with Crippen molar-refractivity contribution in [2.24, 2.45) is 4.99 Å². The zero-order chi connectivity index (χ0) is 21.9. The maximum absolute atomic E-state index is 6.86. The van der Waals surface area contributed by atoms with Crippen LogP contribution in [0.1, 0.15) is 38.7 Å². The summed E-state index contributed by atoms with van der Waals surface area (Å²) in [5, 5.41) is 6.03. The molecule has 5 nitrogen and oxygen atoms in total. The van der Waals surface area contributed by atoms with E-state index in [2.05, 4.69) is 66.5 Å². The molecular weight excluding hydrogens is 398 g/mol. The fourth-order valence-electron chi connectivity index (χ4n) is 5.46. The second-order valence-electron chi connectivity index (χ2n) is 9.59. The average Bonchev–Trinajstić information content (AvgIpc) is 3.04. The number of piperidine rings is 1. The number of ether oxygens (including phenoxy) is 2. The summed E-state index contributed by atoms with van der Waals surface area (Å²) in [6.45, 7) is 6.59. The van der Waals surface area contributed by atoms with Gasteiger partial charge in [0.2, 0.25) is 5.72 Å². The lowest BCUT2D eigenvalue weighted by molar-refractivity contribution is 0.107. The Labute approximate surface area is 189 Å². The van der Waals surface area contributed by atoms with Gasteiger partial charge in [0.25, 0.3) is 0 Å². The Hall–Kier alpha value is -3.21. The highest BCUT2D eigenvalue weighted by atomic mass is 16.5. The molecule has 1 N–H and O–H groups in total. The van der Waals surface area contributed by atoms with E-state index >= 15 is 0 Å². The summed E-state index contributed by atoms with van der Waals surface area (Å²) in [6.07, 6.45) is 5.73. The second kappa shape index (κ2) is 6.89. The molecule has 1 unspecified atom stereocenters. The molecule has 3 heterocycles. The molecule has 164 valence electrons. The van der Waals surface area contributed by atoms with E-state index in [1.807, 2.05) is 12.3 Å². The SMILES string of the molecule is COc1ccc2c(c1)C(C)(C)C1(C=Nc3c(cc(N4CCCCC4)c4ccccc34)O1)N2. The molecule has 5 heteroatoms. The molecule has 6 rings (SSSR count). The fraction of sp³-hybridized carbons (Fsp3) is 0.370. The number of hydrogen-bond donors (Lipinski definition) is 1. The third-order valence-corrected chi connectivity index (χ3v) is 7.45. The highest BCUT2D eigenvalue weighted by molar-refractivity contribution is 6.06. The van der Waals surface area contributed by atoms with Crippen molar-refractivity contribution < 1.29 is 9.47 Å². The lowest BCUT2D eigenvalue weighted by Gasteiger charge is -2.41. The molecule has 3 aliphatic heterocycles. The standard InChI is InChI=1S/C27H29N3O2/c1-26(2)21-15-18(31-3)11-12-22(21)29-27(26)17-28-25-20-10-6-5-9-19(20)23(16-24(25)32-27)30-13-7-4-8-14-30/h5-6,9-12,15-17,29H,4,7-8,13-14H2,1-3H3. The summed E-state index contributed by atoms with van der Waals surface area (Å²) < 4.78 is 12.4. The zero-order valence-electron chi connectivity index (χ0n) is 18.9. The van der Waals surface area contributed by atoms with Crippen molar-refractivity contribution in [2.75, 3.05) is 30.4 Å². The van der Waals surface area contributed by atoms with Gasteiger partial charge in [-0.15, -0.1) is 0 Å². The lowest BCUT2D eigenvalue weighted by Crippen LogP contribution is -2.56. The van der Waals surface area contributed by atoms with Crippen LogP contribution in [0, 0.1) is 0 Å². The van der Waals surface area contributed by atoms with Gasteiger partial charge in [0, 0.05) is 41.3 Å². The number of nitrogens with one attached hydrogen (secondary N) is 1. The first-order valence-corrected chi connectivity index (χ1v) is 11.5. The molecule has 0 bridgehead atoms. The first-order valence-electron chi connectivity index (χ1n) is 11.5. The Kier molecular flexibility index (Phi) is 4.19. The summed E-state index contributed by atoms with van der Waals surface area (Å²) in [5.74, 6) is 1.69. The quantitative estimate of drug-likeness (QED) is 0.542. The van der Waals surface area contributed by atoms with Gasteiger partial charge in [-0.1, -0.05) is 24.3 Å². The van der Waals surface area contributed by atoms with E-state index in [1.165, 1.54) is 35.9 Å². The van der Waals surface area contributed by atoms with Gasteiger partial charge >= 0.3 is 0 Å². The van der Waals surface area contributed by atoms with Gasteiger partial charge < -0.3 is 19.7 Å². The Balaban J connectivity index is 1.48. The van der Waals surface area contributed by atoms with Crippen LogP contribution in [0.5, 0.6) is 11.5 Å². The van der Waals surface area contributed by atoms with E-state index in [9.17, 15) is 0 Å². The van der Waals surface area contributed by atoms with Gasteiger partial charge in [-0.2, -0.15) is 0 Å². The van der Waals surface area contributed by atoms with Crippen molar-refractivity contribution in [3.05, 3.63) is 54.1 Å². The van der Waals surface area contributed by atoms with Crippen molar-refractivity contribution in [3.8, 4) is 11.5 Å². The molecular formula is C27H29N3O2. The number of benzene rings is 3. The maximum Gasteiger partial charge on any atom is 0.226 e. The van der Waals surface area contributed by atoms with E-state index in [0.29, 0.717) is 0 Å². The molecule has 32 heavy (non-hydrogen) atoms. The van der Waals surface area contributed by atoms with Crippen LogP contribution in [0.4, 0.5) is 17.1 Å². The molecule has 3 aromatic carbocycles. The molecule has 0 aromatic heterocycles. The van der Waals surface area contributed by atoms with Gasteiger partial charge in [0.1, 0.15) is 11.4 Å². The Morgan fingerprint density at radius 3 is 2.56 bits per heavy atom. The van der Waals surface area contributed by atoms with Gasteiger partial charge in [0.15, 0.2) is 5.75 Å². The molecule has 0 amide bonds. The van der Waals surface area contributed by atoms with Gasteiger partial charge in [-0.3, -0.25) is 4.99 Å². The summed E-state index contributed by atoms with van der Waals surface area (Å²) in [7, 11) is 1.70. The molecule has 3 aromatic rings. The summed E-state index contributed by atoms with van der Waals surface area (Å²) in [5.41, 5.74) is 3.30. The minimum atomic E-state index is -0.754. The van der Waals surface area contributed by atoms with Gasteiger partial charge in [-0.05, 0) is 56.9 Å². The first kappa shape index (κ1) is 19.5. The molecule has 1 fully saturated rings. The predicted octanol–water partition coefficient (Wildman–Crippen LogP) is 6.03. The number of methoxy groups -OCH3 is 1. The van der Waals surface area contributed by atoms with Crippen molar-refractivity contribution >= 4 is 34.0 Å². The minimum absolute atomic E-state index is 0.338. The monoisotopic (exact) mass is 427 g/mol. The Morgan fingerprint density at radius 2 is 1.78 bits per heavy atom. The largest absolute Gasteiger partial charge is 0.497 e. The van der Waals surface area contributed by atoms with Gasteiger partial charge in [-0.25, -0.2) is 0 Å². The average molecular weight is 428 g/mol. The smallest absolute Gasteiger partial charge is 0.226 e. The molecule has 1 spiro atoms. The molecule has 0 aliphatic carbocycles. The van der Waals surface area contributed by atoms with E-state index < -0.39 is 5.72 Å². The molecule has 1 saturated heterocycles. The number of nitrogens with zero attached hydrogens (tertiary/aromatic N) is 2. The lowest BCUT2D eigenvalue weighted by atomic mass is 9.77. The van der Waals surface area contributed by atoms with Crippen molar-refractivity contribution in [1.29, 1.82) is 0 Å². The van der Waals surface area contributed by atoms with Crippen LogP contribution in [0.15, 0.2) is 53.5 Å². The van der Waals surface area contributed by atoms with Crippen LogP contribution in [-0.2, 0) is 5.41 Å². The van der Waals surface area contributed by atoms with Crippen molar-refractivity contribution in [1.82, 2.24) is 0 Å². The predicted molar refractivity (Wildman–Crippen MR) is 131 cm³/mol. The second-order valence-corrected chi connectivity index (χ2v) is 9.59. The van der Waals surface area contributed by atoms with E-state index in [0.717, 1.165) is 41.3 Å². The molecule has 3 aliphatic rings. The van der Waals surface area contributed by atoms with Crippen LogP contribution in [0.25, 0.3) is 10.8 Å². The van der Waals surface area contributed by atoms with Crippen LogP contribution in [0.2, 0.25) is 0 Å². The summed E-state index contributed by atoms with van der Waals surface area (Å²) >= 11 is 0. The molecule has 0 radical (unpaired) electrons. The topological polar surface area (TPSA) is 46.1 Å². The van der Waals surface area contributed by atoms with E-state index in [1.54, 1.807) is 7.11 Å². The van der Waals surface area contributed by atoms with Crippen LogP contribution >= 0.6 is 0 Å². The van der Waals surface area contributed by atoms with Crippen LogP contribution in [-0.4, -0.2) is 32.1 Å². The fourth-order valence-corrected chi connectivity index (χ4v) is 5.46. The third kappa shape index (κ3) is 2.66. The normalized spacial score (nSPS) is 22.9. The minimum Gasteiger partial charge on any atom is -0.497 e. The third-order valence-electron chi connectivity index (χ3n) is 7.45. The number of hydrogen-bond acceptors (Lipinski definition) is 5.